The molecule has 0 spiro atoms. The number of benzene rings is 1. The Kier molecular flexibility index (Phi) is 13.9. The second kappa shape index (κ2) is 13.8. The molecular weight excluding hydrogens is 278 g/mol. The quantitative estimate of drug-likeness (QED) is 0.774. The molecule has 5 nitrogen and oxygen atoms in total. The summed E-state index contributed by atoms with van der Waals surface area (Å²) in [5.41, 5.74) is 1.78. The van der Waals surface area contributed by atoms with Crippen LogP contribution in [0.3, 0.4) is 0 Å². The fraction of sp³-hybridized carbons (Fsp3) is 0.471. The Bertz CT molecular complexity index is 508. The van der Waals surface area contributed by atoms with Gasteiger partial charge in [0.25, 0.3) is 0 Å². The SMILES string of the molecule is CC.CC.CC.COC(=O)c1nnn(C)c1-c1ccccc1. The summed E-state index contributed by atoms with van der Waals surface area (Å²) < 4.78 is 6.21. The molecule has 0 aliphatic carbocycles. The molecule has 2 rings (SSSR count). The van der Waals surface area contributed by atoms with E-state index in [1.165, 1.54) is 7.11 Å². The van der Waals surface area contributed by atoms with Gasteiger partial charge in [0.05, 0.1) is 7.11 Å². The summed E-state index contributed by atoms with van der Waals surface area (Å²) in [6, 6.07) is 9.48. The smallest absolute Gasteiger partial charge is 0.360 e. The molecule has 0 aliphatic rings. The lowest BCUT2D eigenvalue weighted by molar-refractivity contribution is 0.0595. The Hall–Kier alpha value is -2.17. The third-order valence-corrected chi connectivity index (χ3v) is 2.25. The van der Waals surface area contributed by atoms with Crippen molar-refractivity contribution in [3.05, 3.63) is 36.0 Å². The zero-order chi connectivity index (χ0) is 17.5. The minimum atomic E-state index is -0.480. The first-order chi connectivity index (χ1) is 10.7. The van der Waals surface area contributed by atoms with E-state index in [1.807, 2.05) is 71.9 Å². The Balaban J connectivity index is 0. The first-order valence-corrected chi connectivity index (χ1v) is 7.77. The van der Waals surface area contributed by atoms with Gasteiger partial charge in [-0.15, -0.1) is 5.10 Å². The lowest BCUT2D eigenvalue weighted by atomic mass is 10.1. The number of aromatic nitrogens is 3. The van der Waals surface area contributed by atoms with E-state index in [4.69, 9.17) is 0 Å². The first kappa shape index (κ1) is 22.1. The van der Waals surface area contributed by atoms with Crippen molar-refractivity contribution in [2.75, 3.05) is 7.11 Å². The molecule has 5 heteroatoms. The van der Waals surface area contributed by atoms with E-state index in [1.54, 1.807) is 11.7 Å². The lowest BCUT2D eigenvalue weighted by Crippen LogP contribution is -2.04. The van der Waals surface area contributed by atoms with E-state index >= 15 is 0 Å². The minimum absolute atomic E-state index is 0.233. The number of esters is 1. The van der Waals surface area contributed by atoms with Crippen LogP contribution >= 0.6 is 0 Å². The molecule has 1 aromatic heterocycles. The van der Waals surface area contributed by atoms with Crippen molar-refractivity contribution in [2.24, 2.45) is 7.05 Å². The molecule has 0 saturated carbocycles. The van der Waals surface area contributed by atoms with Crippen LogP contribution in [-0.4, -0.2) is 28.1 Å². The third kappa shape index (κ3) is 6.08. The molecule has 0 aliphatic heterocycles. The van der Waals surface area contributed by atoms with Crippen molar-refractivity contribution in [3.63, 3.8) is 0 Å². The van der Waals surface area contributed by atoms with Crippen LogP contribution in [0.25, 0.3) is 11.3 Å². The first-order valence-electron chi connectivity index (χ1n) is 7.77. The van der Waals surface area contributed by atoms with Gasteiger partial charge in [-0.3, -0.25) is 0 Å². The Morgan fingerprint density at radius 2 is 1.50 bits per heavy atom. The number of carbonyl (C=O) groups excluding carboxylic acids is 1. The zero-order valence-electron chi connectivity index (χ0n) is 15.0. The van der Waals surface area contributed by atoms with Crippen molar-refractivity contribution in [3.8, 4) is 11.3 Å². The molecule has 0 atom stereocenters. The highest BCUT2D eigenvalue weighted by atomic mass is 16.5. The average molecular weight is 307 g/mol. The average Bonchev–Trinajstić information content (AvgIpc) is 3.02. The maximum Gasteiger partial charge on any atom is 0.360 e. The molecule has 0 unspecified atom stereocenters. The number of ether oxygens (including phenoxy) is 1. The summed E-state index contributed by atoms with van der Waals surface area (Å²) in [4.78, 5) is 11.5. The molecular formula is C17H29N3O2. The topological polar surface area (TPSA) is 57.0 Å². The molecule has 124 valence electrons. The maximum atomic E-state index is 11.5. The van der Waals surface area contributed by atoms with Gasteiger partial charge in [0.15, 0.2) is 5.69 Å². The summed E-state index contributed by atoms with van der Waals surface area (Å²) in [6.45, 7) is 12.0. The van der Waals surface area contributed by atoms with Gasteiger partial charge in [-0.1, -0.05) is 77.1 Å². The second-order valence-electron chi connectivity index (χ2n) is 3.27. The van der Waals surface area contributed by atoms with Crippen molar-refractivity contribution in [2.45, 2.75) is 41.5 Å². The predicted octanol–water partition coefficient (Wildman–Crippen LogP) is 4.35. The fourth-order valence-corrected chi connectivity index (χ4v) is 1.51. The van der Waals surface area contributed by atoms with E-state index in [9.17, 15) is 4.79 Å². The van der Waals surface area contributed by atoms with Gasteiger partial charge in [0.2, 0.25) is 0 Å². The number of hydrogen-bond acceptors (Lipinski definition) is 4. The van der Waals surface area contributed by atoms with Crippen molar-refractivity contribution in [1.29, 1.82) is 0 Å². The van der Waals surface area contributed by atoms with Gasteiger partial charge in [-0.2, -0.15) is 0 Å². The molecule has 0 radical (unpaired) electrons. The Morgan fingerprint density at radius 1 is 1.00 bits per heavy atom. The number of nitrogens with zero attached hydrogens (tertiary/aromatic N) is 3. The van der Waals surface area contributed by atoms with Gasteiger partial charge in [-0.25, -0.2) is 9.48 Å². The van der Waals surface area contributed by atoms with Crippen LogP contribution in [0.1, 0.15) is 52.0 Å². The maximum absolute atomic E-state index is 11.5. The van der Waals surface area contributed by atoms with E-state index in [0.29, 0.717) is 5.69 Å². The van der Waals surface area contributed by atoms with Crippen molar-refractivity contribution in [1.82, 2.24) is 15.0 Å². The molecule has 2 aromatic rings. The van der Waals surface area contributed by atoms with Crippen molar-refractivity contribution >= 4 is 5.97 Å². The highest BCUT2D eigenvalue weighted by Crippen LogP contribution is 2.21. The molecule has 0 saturated heterocycles. The summed E-state index contributed by atoms with van der Waals surface area (Å²) in [5, 5.41) is 7.63. The van der Waals surface area contributed by atoms with E-state index in [2.05, 4.69) is 15.0 Å². The van der Waals surface area contributed by atoms with Crippen molar-refractivity contribution < 1.29 is 9.53 Å². The van der Waals surface area contributed by atoms with Gasteiger partial charge in [0.1, 0.15) is 5.69 Å². The zero-order valence-corrected chi connectivity index (χ0v) is 15.0. The standard InChI is InChI=1S/C11H11N3O2.3C2H6/c1-14-10(8-6-4-3-5-7-8)9(12-13-14)11(15)16-2;3*1-2/h3-7H,1-2H3;3*1-2H3. The van der Waals surface area contributed by atoms with Crippen LogP contribution in [0.5, 0.6) is 0 Å². The van der Waals surface area contributed by atoms with Crippen LogP contribution in [0, 0.1) is 0 Å². The number of methoxy groups -OCH3 is 1. The van der Waals surface area contributed by atoms with Crippen LogP contribution in [-0.2, 0) is 11.8 Å². The van der Waals surface area contributed by atoms with E-state index in [0.717, 1.165) is 5.56 Å². The highest BCUT2D eigenvalue weighted by molar-refractivity contribution is 5.93. The predicted molar refractivity (Wildman–Crippen MR) is 91.8 cm³/mol. The summed E-state index contributed by atoms with van der Waals surface area (Å²) >= 11 is 0. The molecule has 0 fully saturated rings. The third-order valence-electron chi connectivity index (χ3n) is 2.25. The van der Waals surface area contributed by atoms with E-state index < -0.39 is 5.97 Å². The Morgan fingerprint density at radius 3 is 1.95 bits per heavy atom. The number of carbonyl (C=O) groups is 1. The van der Waals surface area contributed by atoms with Crippen LogP contribution in [0.15, 0.2) is 30.3 Å². The van der Waals surface area contributed by atoms with Gasteiger partial charge >= 0.3 is 5.97 Å². The minimum Gasteiger partial charge on any atom is -0.464 e. The normalized spacial score (nSPS) is 8.18. The number of rotatable bonds is 2. The highest BCUT2D eigenvalue weighted by Gasteiger charge is 2.19. The molecule has 0 bridgehead atoms. The largest absolute Gasteiger partial charge is 0.464 e. The van der Waals surface area contributed by atoms with Crippen LogP contribution < -0.4 is 0 Å². The van der Waals surface area contributed by atoms with Gasteiger partial charge in [-0.05, 0) is 0 Å². The Labute approximate surface area is 134 Å². The fourth-order valence-electron chi connectivity index (χ4n) is 1.51. The second-order valence-corrected chi connectivity index (χ2v) is 3.27. The summed E-state index contributed by atoms with van der Waals surface area (Å²) in [7, 11) is 3.06. The molecule has 22 heavy (non-hydrogen) atoms. The number of hydrogen-bond donors (Lipinski definition) is 0. The molecule has 1 heterocycles. The summed E-state index contributed by atoms with van der Waals surface area (Å²) in [5.74, 6) is -0.480. The number of aryl methyl sites for hydroxylation is 1. The molecule has 0 amide bonds. The van der Waals surface area contributed by atoms with E-state index in [-0.39, 0.29) is 5.69 Å². The van der Waals surface area contributed by atoms with Gasteiger partial charge in [0, 0.05) is 12.6 Å². The van der Waals surface area contributed by atoms with Crippen LogP contribution in [0.2, 0.25) is 0 Å². The monoisotopic (exact) mass is 307 g/mol. The summed E-state index contributed by atoms with van der Waals surface area (Å²) in [6.07, 6.45) is 0. The molecule has 1 aromatic carbocycles. The van der Waals surface area contributed by atoms with Gasteiger partial charge < -0.3 is 4.74 Å². The van der Waals surface area contributed by atoms with Crippen LogP contribution in [0.4, 0.5) is 0 Å². The molecule has 0 N–H and O–H groups in total. The lowest BCUT2D eigenvalue weighted by Gasteiger charge is -2.02.